The summed E-state index contributed by atoms with van der Waals surface area (Å²) in [6.45, 7) is 0. The van der Waals surface area contributed by atoms with Gasteiger partial charge in [0.1, 0.15) is 0 Å². The molecule has 1 N–H and O–H groups in total. The third kappa shape index (κ3) is 3.26. The Kier molecular flexibility index (Phi) is 4.33. The van der Waals surface area contributed by atoms with Gasteiger partial charge in [-0.2, -0.15) is 0 Å². The molecule has 6 heteroatoms. The Hall–Kier alpha value is -3.62. The summed E-state index contributed by atoms with van der Waals surface area (Å²) in [6, 6.07) is 17.8. The zero-order chi connectivity index (χ0) is 18.8. The predicted molar refractivity (Wildman–Crippen MR) is 105 cm³/mol. The van der Waals surface area contributed by atoms with Crippen molar-refractivity contribution >= 4 is 22.6 Å². The fraction of sp³-hybridized carbons (Fsp3) is 0. The second-order valence-electron chi connectivity index (χ2n) is 5.75. The van der Waals surface area contributed by atoms with Gasteiger partial charge in [-0.05, 0) is 42.5 Å². The molecule has 130 valence electrons. The normalized spacial score (nSPS) is 10.4. The fourth-order valence-corrected chi connectivity index (χ4v) is 2.96. The maximum absolute atomic E-state index is 12.7. The number of fused-ring (bicyclic) bond motifs is 1. The van der Waals surface area contributed by atoms with Crippen molar-refractivity contribution in [1.82, 2.24) is 14.5 Å². The van der Waals surface area contributed by atoms with Gasteiger partial charge in [0.15, 0.2) is 5.52 Å². The van der Waals surface area contributed by atoms with E-state index in [2.05, 4.69) is 21.8 Å². The molecule has 4 rings (SSSR count). The van der Waals surface area contributed by atoms with E-state index in [1.54, 1.807) is 30.3 Å². The number of nitrogens with one attached hydrogen (secondary N) is 1. The molecule has 0 amide bonds. The molecule has 2 aromatic carbocycles. The van der Waals surface area contributed by atoms with Crippen molar-refractivity contribution in [1.29, 1.82) is 0 Å². The summed E-state index contributed by atoms with van der Waals surface area (Å²) in [7, 11) is 0. The lowest BCUT2D eigenvalue weighted by Crippen LogP contribution is -2.34. The van der Waals surface area contributed by atoms with E-state index >= 15 is 0 Å². The maximum atomic E-state index is 12.7. The van der Waals surface area contributed by atoms with Gasteiger partial charge in [-0.15, -0.1) is 0 Å². The summed E-state index contributed by atoms with van der Waals surface area (Å²) in [6.07, 6.45) is 1.50. The third-order valence-electron chi connectivity index (χ3n) is 3.97. The second kappa shape index (κ2) is 6.94. The monoisotopic (exact) mass is 373 g/mol. The summed E-state index contributed by atoms with van der Waals surface area (Å²) in [5.74, 6) is 6.06. The van der Waals surface area contributed by atoms with Gasteiger partial charge >= 0.3 is 5.69 Å². The topological polar surface area (TPSA) is 67.8 Å². The number of benzene rings is 2. The van der Waals surface area contributed by atoms with E-state index < -0.39 is 11.2 Å². The molecule has 27 heavy (non-hydrogen) atoms. The first-order valence-corrected chi connectivity index (χ1v) is 8.48. The molecule has 0 saturated heterocycles. The van der Waals surface area contributed by atoms with Gasteiger partial charge in [0.2, 0.25) is 0 Å². The Morgan fingerprint density at radius 2 is 1.70 bits per heavy atom. The predicted octanol–water partition coefficient (Wildman–Crippen LogP) is 3.13. The van der Waals surface area contributed by atoms with E-state index in [0.717, 1.165) is 10.1 Å². The standard InChI is InChI=1S/C21H12ClN3O2/c22-16-13-15(9-8-14-5-2-1-3-6-14)10-11-18(16)25-20(26)19-17(24-21(25)27)7-4-12-23-19/h1-7,10-13H,(H,24,27). The van der Waals surface area contributed by atoms with Crippen LogP contribution in [-0.2, 0) is 0 Å². The first-order chi connectivity index (χ1) is 13.1. The van der Waals surface area contributed by atoms with Crippen LogP contribution in [0.1, 0.15) is 11.1 Å². The number of hydrogen-bond acceptors (Lipinski definition) is 3. The number of nitrogens with zero attached hydrogens (tertiary/aromatic N) is 2. The van der Waals surface area contributed by atoms with Crippen LogP contribution in [0, 0.1) is 11.8 Å². The highest BCUT2D eigenvalue weighted by atomic mass is 35.5. The molecule has 0 spiro atoms. The quantitative estimate of drug-likeness (QED) is 0.521. The van der Waals surface area contributed by atoms with Crippen molar-refractivity contribution in [2.45, 2.75) is 0 Å². The van der Waals surface area contributed by atoms with Crippen LogP contribution in [0.15, 0.2) is 76.4 Å². The van der Waals surface area contributed by atoms with Gasteiger partial charge in [-0.1, -0.05) is 41.6 Å². The minimum Gasteiger partial charge on any atom is -0.305 e. The molecule has 0 atom stereocenters. The van der Waals surface area contributed by atoms with Crippen molar-refractivity contribution in [2.24, 2.45) is 0 Å². The smallest absolute Gasteiger partial charge is 0.305 e. The Morgan fingerprint density at radius 1 is 0.926 bits per heavy atom. The number of hydrogen-bond donors (Lipinski definition) is 1. The minimum absolute atomic E-state index is 0.168. The Bertz CT molecular complexity index is 1330. The number of aromatic amines is 1. The summed E-state index contributed by atoms with van der Waals surface area (Å²) in [5, 5.41) is 0.248. The van der Waals surface area contributed by atoms with E-state index in [1.165, 1.54) is 6.20 Å². The zero-order valence-corrected chi connectivity index (χ0v) is 14.7. The van der Waals surface area contributed by atoms with Gasteiger partial charge in [0.05, 0.1) is 16.2 Å². The highest BCUT2D eigenvalue weighted by Gasteiger charge is 2.13. The van der Waals surface area contributed by atoms with Crippen molar-refractivity contribution in [3.63, 3.8) is 0 Å². The Morgan fingerprint density at radius 3 is 2.48 bits per heavy atom. The van der Waals surface area contributed by atoms with Gasteiger partial charge < -0.3 is 4.98 Å². The first kappa shape index (κ1) is 16.8. The van der Waals surface area contributed by atoms with Crippen LogP contribution in [0.3, 0.4) is 0 Å². The molecule has 5 nitrogen and oxygen atoms in total. The lowest BCUT2D eigenvalue weighted by molar-refractivity contribution is 0.895. The third-order valence-corrected chi connectivity index (χ3v) is 4.27. The molecule has 2 heterocycles. The van der Waals surface area contributed by atoms with E-state index in [-0.39, 0.29) is 16.2 Å². The lowest BCUT2D eigenvalue weighted by atomic mass is 10.1. The van der Waals surface area contributed by atoms with E-state index in [0.29, 0.717) is 11.1 Å². The largest absolute Gasteiger partial charge is 0.333 e. The number of pyridine rings is 1. The molecule has 0 aliphatic heterocycles. The first-order valence-electron chi connectivity index (χ1n) is 8.10. The lowest BCUT2D eigenvalue weighted by Gasteiger charge is -2.08. The summed E-state index contributed by atoms with van der Waals surface area (Å²) < 4.78 is 0.978. The van der Waals surface area contributed by atoms with Crippen molar-refractivity contribution < 1.29 is 0 Å². The summed E-state index contributed by atoms with van der Waals surface area (Å²) >= 11 is 6.34. The van der Waals surface area contributed by atoms with Crippen LogP contribution in [0.5, 0.6) is 0 Å². The Labute approximate surface area is 158 Å². The summed E-state index contributed by atoms with van der Waals surface area (Å²) in [5.41, 5.74) is 1.28. The molecular formula is C21H12ClN3O2. The molecular weight excluding hydrogens is 362 g/mol. The second-order valence-corrected chi connectivity index (χ2v) is 6.16. The molecule has 0 unspecified atom stereocenters. The van der Waals surface area contributed by atoms with Gasteiger partial charge in [0, 0.05) is 17.3 Å². The van der Waals surface area contributed by atoms with Crippen molar-refractivity contribution in [2.75, 3.05) is 0 Å². The molecule has 4 aromatic rings. The molecule has 0 aliphatic carbocycles. The molecule has 0 radical (unpaired) electrons. The maximum Gasteiger partial charge on any atom is 0.333 e. The van der Waals surface area contributed by atoms with Crippen LogP contribution in [0.2, 0.25) is 5.02 Å². The van der Waals surface area contributed by atoms with Crippen molar-refractivity contribution in [3.05, 3.63) is 104 Å². The van der Waals surface area contributed by atoms with Crippen LogP contribution < -0.4 is 11.2 Å². The number of rotatable bonds is 1. The van der Waals surface area contributed by atoms with Gasteiger partial charge in [-0.3, -0.25) is 4.79 Å². The number of H-pyrrole nitrogens is 1. The van der Waals surface area contributed by atoms with Crippen molar-refractivity contribution in [3.8, 4) is 17.5 Å². The van der Waals surface area contributed by atoms with Gasteiger partial charge in [0.25, 0.3) is 5.56 Å². The van der Waals surface area contributed by atoms with Crippen LogP contribution in [0.25, 0.3) is 16.7 Å². The zero-order valence-electron chi connectivity index (χ0n) is 13.9. The van der Waals surface area contributed by atoms with Gasteiger partial charge in [-0.25, -0.2) is 14.3 Å². The number of aromatic nitrogens is 3. The van der Waals surface area contributed by atoms with Crippen LogP contribution in [-0.4, -0.2) is 14.5 Å². The summed E-state index contributed by atoms with van der Waals surface area (Å²) in [4.78, 5) is 31.8. The minimum atomic E-state index is -0.578. The molecule has 0 saturated carbocycles. The average Bonchev–Trinajstić information content (AvgIpc) is 2.68. The average molecular weight is 374 g/mol. The number of halogens is 1. The van der Waals surface area contributed by atoms with E-state index in [9.17, 15) is 9.59 Å². The van der Waals surface area contributed by atoms with Crippen LogP contribution in [0.4, 0.5) is 0 Å². The Balaban J connectivity index is 1.81. The van der Waals surface area contributed by atoms with E-state index in [4.69, 9.17) is 11.6 Å². The highest BCUT2D eigenvalue weighted by molar-refractivity contribution is 6.32. The highest BCUT2D eigenvalue weighted by Crippen LogP contribution is 2.20. The molecule has 0 fully saturated rings. The molecule has 0 aliphatic rings. The van der Waals surface area contributed by atoms with Crippen LogP contribution >= 0.6 is 11.6 Å². The SMILES string of the molecule is O=c1[nH]c2cccnc2c(=O)n1-c1ccc(C#Cc2ccccc2)cc1Cl. The van der Waals surface area contributed by atoms with E-state index in [1.807, 2.05) is 30.3 Å². The molecule has 2 aromatic heterocycles. The molecule has 0 bridgehead atoms. The fourth-order valence-electron chi connectivity index (χ4n) is 2.70.